The lowest BCUT2D eigenvalue weighted by Crippen LogP contribution is -1.97. The lowest BCUT2D eigenvalue weighted by Gasteiger charge is -2.07. The minimum Gasteiger partial charge on any atom is -0.103 e. The van der Waals surface area contributed by atoms with Crippen molar-refractivity contribution < 1.29 is 0 Å². The van der Waals surface area contributed by atoms with E-state index in [-0.39, 0.29) is 0 Å². The van der Waals surface area contributed by atoms with Crippen LogP contribution in [0.5, 0.6) is 0 Å². The second-order valence-electron chi connectivity index (χ2n) is 5.31. The van der Waals surface area contributed by atoms with E-state index in [1.54, 1.807) is 0 Å². The monoisotopic (exact) mass is 206 g/mol. The van der Waals surface area contributed by atoms with Crippen molar-refractivity contribution in [2.75, 3.05) is 0 Å². The van der Waals surface area contributed by atoms with Crippen molar-refractivity contribution in [1.29, 1.82) is 0 Å². The molecule has 0 aromatic rings. The number of hydrogen-bond donors (Lipinski definition) is 0. The average molecular weight is 206 g/mol. The van der Waals surface area contributed by atoms with E-state index in [2.05, 4.69) is 25.7 Å². The lowest BCUT2D eigenvalue weighted by atomic mass is 9.97. The Morgan fingerprint density at radius 2 is 1.47 bits per heavy atom. The van der Waals surface area contributed by atoms with Crippen LogP contribution in [0.3, 0.4) is 0 Å². The zero-order valence-corrected chi connectivity index (χ0v) is 10.5. The normalized spacial score (nSPS) is 19.9. The van der Waals surface area contributed by atoms with Crippen LogP contribution in [-0.4, -0.2) is 0 Å². The standard InChI is InChI=1S/C15H26/c1-14(2)10-9-13-15-11-7-5-3-4-6-8-12-15/h14-15H,3-8,10-12H2,1-2H3. The Balaban J connectivity index is 2.31. The summed E-state index contributed by atoms with van der Waals surface area (Å²) in [6.45, 7) is 4.50. The third kappa shape index (κ3) is 6.61. The van der Waals surface area contributed by atoms with Gasteiger partial charge in [-0.05, 0) is 18.8 Å². The van der Waals surface area contributed by atoms with Crippen molar-refractivity contribution in [1.82, 2.24) is 0 Å². The van der Waals surface area contributed by atoms with E-state index in [4.69, 9.17) is 0 Å². The van der Waals surface area contributed by atoms with Gasteiger partial charge < -0.3 is 0 Å². The predicted octanol–water partition coefficient (Wildman–Crippen LogP) is 4.79. The fourth-order valence-corrected chi connectivity index (χ4v) is 2.18. The molecule has 0 heterocycles. The Morgan fingerprint density at radius 3 is 2.00 bits per heavy atom. The highest BCUT2D eigenvalue weighted by molar-refractivity contribution is 5.04. The second kappa shape index (κ2) is 7.80. The maximum atomic E-state index is 3.50. The first kappa shape index (κ1) is 12.6. The van der Waals surface area contributed by atoms with Crippen LogP contribution in [0.1, 0.15) is 71.6 Å². The summed E-state index contributed by atoms with van der Waals surface area (Å²) in [6.07, 6.45) is 12.4. The van der Waals surface area contributed by atoms with Crippen molar-refractivity contribution in [2.45, 2.75) is 71.6 Å². The van der Waals surface area contributed by atoms with Gasteiger partial charge in [0.2, 0.25) is 0 Å². The molecule has 0 N–H and O–H groups in total. The van der Waals surface area contributed by atoms with E-state index in [0.29, 0.717) is 5.92 Å². The zero-order valence-electron chi connectivity index (χ0n) is 10.5. The second-order valence-corrected chi connectivity index (χ2v) is 5.31. The van der Waals surface area contributed by atoms with Gasteiger partial charge in [0.05, 0.1) is 0 Å². The van der Waals surface area contributed by atoms with Crippen LogP contribution in [0.25, 0.3) is 0 Å². The molecule has 0 aromatic carbocycles. The van der Waals surface area contributed by atoms with E-state index >= 15 is 0 Å². The van der Waals surface area contributed by atoms with Gasteiger partial charge in [-0.25, -0.2) is 0 Å². The summed E-state index contributed by atoms with van der Waals surface area (Å²) in [5, 5.41) is 0. The van der Waals surface area contributed by atoms with Crippen molar-refractivity contribution in [3.8, 4) is 11.8 Å². The first-order valence-corrected chi connectivity index (χ1v) is 6.77. The molecule has 1 aliphatic carbocycles. The van der Waals surface area contributed by atoms with Crippen molar-refractivity contribution in [2.24, 2.45) is 11.8 Å². The highest BCUT2D eigenvalue weighted by Crippen LogP contribution is 2.21. The Morgan fingerprint density at radius 1 is 0.933 bits per heavy atom. The summed E-state index contributed by atoms with van der Waals surface area (Å²) >= 11 is 0. The summed E-state index contributed by atoms with van der Waals surface area (Å²) in [7, 11) is 0. The Bertz CT molecular complexity index is 194. The van der Waals surface area contributed by atoms with Gasteiger partial charge in [-0.15, -0.1) is 5.92 Å². The SMILES string of the molecule is CC(C)CC#CC1CCCCCCCC1. The smallest absolute Gasteiger partial charge is 0.0202 e. The van der Waals surface area contributed by atoms with Crippen LogP contribution < -0.4 is 0 Å². The molecule has 1 aliphatic rings. The molecule has 0 nitrogen and oxygen atoms in total. The zero-order chi connectivity index (χ0) is 10.9. The first-order chi connectivity index (χ1) is 7.29. The summed E-state index contributed by atoms with van der Waals surface area (Å²) in [4.78, 5) is 0. The van der Waals surface area contributed by atoms with Gasteiger partial charge in [0, 0.05) is 12.3 Å². The van der Waals surface area contributed by atoms with Gasteiger partial charge in [-0.1, -0.05) is 58.3 Å². The maximum absolute atomic E-state index is 3.50. The molecule has 0 spiro atoms. The van der Waals surface area contributed by atoms with Crippen LogP contribution >= 0.6 is 0 Å². The molecule has 15 heavy (non-hydrogen) atoms. The van der Waals surface area contributed by atoms with E-state index in [9.17, 15) is 0 Å². The van der Waals surface area contributed by atoms with Gasteiger partial charge in [-0.2, -0.15) is 0 Å². The van der Waals surface area contributed by atoms with E-state index < -0.39 is 0 Å². The van der Waals surface area contributed by atoms with Gasteiger partial charge in [-0.3, -0.25) is 0 Å². The minimum absolute atomic E-state index is 0.710. The van der Waals surface area contributed by atoms with Crippen LogP contribution in [0, 0.1) is 23.7 Å². The molecule has 0 bridgehead atoms. The molecule has 0 atom stereocenters. The molecular formula is C15H26. The number of hydrogen-bond acceptors (Lipinski definition) is 0. The topological polar surface area (TPSA) is 0 Å². The Hall–Kier alpha value is -0.440. The fourth-order valence-electron chi connectivity index (χ4n) is 2.18. The molecule has 0 amide bonds. The van der Waals surface area contributed by atoms with Crippen molar-refractivity contribution in [3.63, 3.8) is 0 Å². The Kier molecular flexibility index (Phi) is 6.57. The van der Waals surface area contributed by atoms with Crippen molar-refractivity contribution >= 4 is 0 Å². The highest BCUT2D eigenvalue weighted by Gasteiger charge is 2.07. The molecule has 86 valence electrons. The van der Waals surface area contributed by atoms with Gasteiger partial charge in [0.15, 0.2) is 0 Å². The average Bonchev–Trinajstić information content (AvgIpc) is 2.31. The van der Waals surface area contributed by atoms with Crippen LogP contribution in [0.2, 0.25) is 0 Å². The maximum Gasteiger partial charge on any atom is 0.0202 e. The molecule has 1 fully saturated rings. The van der Waals surface area contributed by atoms with Crippen LogP contribution in [0.4, 0.5) is 0 Å². The quantitative estimate of drug-likeness (QED) is 0.541. The first-order valence-electron chi connectivity index (χ1n) is 6.77. The molecule has 0 saturated heterocycles. The number of rotatable bonds is 1. The van der Waals surface area contributed by atoms with Gasteiger partial charge in [0.1, 0.15) is 0 Å². The molecule has 1 saturated carbocycles. The molecule has 0 unspecified atom stereocenters. The van der Waals surface area contributed by atoms with Gasteiger partial charge in [0.25, 0.3) is 0 Å². The fraction of sp³-hybridized carbons (Fsp3) is 0.867. The summed E-state index contributed by atoms with van der Waals surface area (Å²) < 4.78 is 0. The minimum atomic E-state index is 0.710. The largest absolute Gasteiger partial charge is 0.103 e. The summed E-state index contributed by atoms with van der Waals surface area (Å²) in [5.74, 6) is 8.31. The molecule has 0 radical (unpaired) electrons. The predicted molar refractivity (Wildman–Crippen MR) is 67.7 cm³/mol. The molecule has 0 aromatic heterocycles. The molecular weight excluding hydrogens is 180 g/mol. The van der Waals surface area contributed by atoms with Crippen LogP contribution in [0.15, 0.2) is 0 Å². The van der Waals surface area contributed by atoms with Crippen LogP contribution in [-0.2, 0) is 0 Å². The summed E-state index contributed by atoms with van der Waals surface area (Å²) in [5.41, 5.74) is 0. The summed E-state index contributed by atoms with van der Waals surface area (Å²) in [6, 6.07) is 0. The van der Waals surface area contributed by atoms with Gasteiger partial charge >= 0.3 is 0 Å². The third-order valence-corrected chi connectivity index (χ3v) is 3.17. The molecule has 0 aliphatic heterocycles. The van der Waals surface area contributed by atoms with E-state index in [1.807, 2.05) is 0 Å². The highest BCUT2D eigenvalue weighted by atomic mass is 14.1. The van der Waals surface area contributed by atoms with E-state index in [0.717, 1.165) is 12.3 Å². The molecule has 0 heteroatoms. The Labute approximate surface area is 95.8 Å². The van der Waals surface area contributed by atoms with Crippen molar-refractivity contribution in [3.05, 3.63) is 0 Å². The van der Waals surface area contributed by atoms with E-state index in [1.165, 1.54) is 51.4 Å². The lowest BCUT2D eigenvalue weighted by molar-refractivity contribution is 0.524. The third-order valence-electron chi connectivity index (χ3n) is 3.17. The molecule has 1 rings (SSSR count).